The molecular weight excluding hydrogens is 144 g/mol. The molecule has 0 atom stereocenters. The van der Waals surface area contributed by atoms with E-state index >= 15 is 0 Å². The Balaban J connectivity index is 2.29. The van der Waals surface area contributed by atoms with Gasteiger partial charge in [-0.1, -0.05) is 0 Å². The second-order valence-corrected chi connectivity index (χ2v) is 2.01. The number of carbonyl (C=O) groups is 1. The highest BCUT2D eigenvalue weighted by atomic mass is 16.2. The number of nitrogens with zero attached hydrogens (tertiary/aromatic N) is 1. The summed E-state index contributed by atoms with van der Waals surface area (Å²) >= 11 is 0. The summed E-state index contributed by atoms with van der Waals surface area (Å²) in [4.78, 5) is 10.7. The van der Waals surface area contributed by atoms with Gasteiger partial charge >= 0.3 is 6.03 Å². The molecule has 0 spiro atoms. The number of hydrogen-bond acceptors (Lipinski definition) is 2. The minimum Gasteiger partial charge on any atom is -0.341 e. The van der Waals surface area contributed by atoms with Crippen LogP contribution in [-0.2, 0) is 6.54 Å². The smallest absolute Gasteiger partial charge is 0.314 e. The zero-order valence-corrected chi connectivity index (χ0v) is 6.22. The predicted octanol–water partition coefficient (Wildman–Crippen LogP) is -0.161. The maximum absolute atomic E-state index is 10.7. The second kappa shape index (κ2) is 3.60. The van der Waals surface area contributed by atoms with Crippen LogP contribution in [0.1, 0.15) is 5.69 Å². The van der Waals surface area contributed by atoms with Crippen LogP contribution in [0.3, 0.4) is 0 Å². The third-order valence-electron chi connectivity index (χ3n) is 1.22. The molecule has 5 heteroatoms. The quantitative estimate of drug-likeness (QED) is 0.554. The highest BCUT2D eigenvalue weighted by Gasteiger charge is 1.96. The van der Waals surface area contributed by atoms with Crippen LogP contribution in [0.4, 0.5) is 4.79 Å². The summed E-state index contributed by atoms with van der Waals surface area (Å²) in [6.07, 6.45) is 1.64. The van der Waals surface area contributed by atoms with E-state index in [2.05, 4.69) is 20.8 Å². The van der Waals surface area contributed by atoms with Crippen molar-refractivity contribution in [3.63, 3.8) is 0 Å². The summed E-state index contributed by atoms with van der Waals surface area (Å²) in [7, 11) is 1.57. The lowest BCUT2D eigenvalue weighted by Crippen LogP contribution is -2.32. The lowest BCUT2D eigenvalue weighted by atomic mass is 10.4. The SMILES string of the molecule is CNC(=O)NCc1ccn[nH]1. The van der Waals surface area contributed by atoms with Crippen LogP contribution in [-0.4, -0.2) is 23.3 Å². The zero-order chi connectivity index (χ0) is 8.10. The second-order valence-electron chi connectivity index (χ2n) is 2.01. The molecule has 1 aromatic rings. The molecule has 0 radical (unpaired) electrons. The van der Waals surface area contributed by atoms with Crippen LogP contribution in [0.25, 0.3) is 0 Å². The van der Waals surface area contributed by atoms with Crippen molar-refractivity contribution in [2.45, 2.75) is 6.54 Å². The van der Waals surface area contributed by atoms with Gasteiger partial charge in [-0.15, -0.1) is 0 Å². The van der Waals surface area contributed by atoms with E-state index in [1.165, 1.54) is 0 Å². The van der Waals surface area contributed by atoms with Crippen LogP contribution < -0.4 is 10.6 Å². The molecule has 1 heterocycles. The normalized spacial score (nSPS) is 9.18. The highest BCUT2D eigenvalue weighted by molar-refractivity contribution is 5.73. The lowest BCUT2D eigenvalue weighted by molar-refractivity contribution is 0.242. The molecule has 0 saturated heterocycles. The predicted molar refractivity (Wildman–Crippen MR) is 39.9 cm³/mol. The van der Waals surface area contributed by atoms with Gasteiger partial charge in [-0.2, -0.15) is 5.10 Å². The fraction of sp³-hybridized carbons (Fsp3) is 0.333. The molecule has 0 aliphatic carbocycles. The Morgan fingerprint density at radius 1 is 1.82 bits per heavy atom. The minimum absolute atomic E-state index is 0.195. The molecule has 1 aromatic heterocycles. The first-order valence-electron chi connectivity index (χ1n) is 3.27. The molecule has 2 amide bonds. The Kier molecular flexibility index (Phi) is 2.48. The fourth-order valence-electron chi connectivity index (χ4n) is 0.647. The van der Waals surface area contributed by atoms with E-state index in [9.17, 15) is 4.79 Å². The van der Waals surface area contributed by atoms with Gasteiger partial charge in [0.15, 0.2) is 0 Å². The topological polar surface area (TPSA) is 69.8 Å². The molecule has 60 valence electrons. The van der Waals surface area contributed by atoms with Crippen LogP contribution in [0.15, 0.2) is 12.3 Å². The van der Waals surface area contributed by atoms with E-state index in [4.69, 9.17) is 0 Å². The summed E-state index contributed by atoms with van der Waals surface area (Å²) in [5.41, 5.74) is 0.883. The van der Waals surface area contributed by atoms with Gasteiger partial charge in [0, 0.05) is 13.2 Å². The average molecular weight is 154 g/mol. The van der Waals surface area contributed by atoms with Gasteiger partial charge in [-0.3, -0.25) is 5.10 Å². The Morgan fingerprint density at radius 3 is 3.18 bits per heavy atom. The number of aromatic nitrogens is 2. The number of aromatic amines is 1. The van der Waals surface area contributed by atoms with Crippen LogP contribution >= 0.6 is 0 Å². The number of urea groups is 1. The summed E-state index contributed by atoms with van der Waals surface area (Å²) in [5, 5.41) is 11.5. The fourth-order valence-corrected chi connectivity index (χ4v) is 0.647. The van der Waals surface area contributed by atoms with Crippen molar-refractivity contribution in [3.05, 3.63) is 18.0 Å². The van der Waals surface area contributed by atoms with Gasteiger partial charge in [0.1, 0.15) is 0 Å². The van der Waals surface area contributed by atoms with E-state index in [0.29, 0.717) is 6.54 Å². The zero-order valence-electron chi connectivity index (χ0n) is 6.22. The highest BCUT2D eigenvalue weighted by Crippen LogP contribution is 1.88. The Bertz CT molecular complexity index is 218. The number of H-pyrrole nitrogens is 1. The molecule has 0 fully saturated rings. The standard InChI is InChI=1S/C6H10N4O/c1-7-6(11)8-4-5-2-3-9-10-5/h2-3H,4H2,1H3,(H,9,10)(H2,7,8,11). The molecule has 0 unspecified atom stereocenters. The third-order valence-corrected chi connectivity index (χ3v) is 1.22. The Morgan fingerprint density at radius 2 is 2.64 bits per heavy atom. The number of carbonyl (C=O) groups excluding carboxylic acids is 1. The molecular formula is C6H10N4O. The van der Waals surface area contributed by atoms with E-state index in [1.54, 1.807) is 19.3 Å². The van der Waals surface area contributed by atoms with Crippen molar-refractivity contribution < 1.29 is 4.79 Å². The van der Waals surface area contributed by atoms with Gasteiger partial charge in [-0.05, 0) is 6.07 Å². The van der Waals surface area contributed by atoms with Crippen molar-refractivity contribution in [2.24, 2.45) is 0 Å². The number of amides is 2. The molecule has 11 heavy (non-hydrogen) atoms. The first-order valence-corrected chi connectivity index (χ1v) is 3.27. The summed E-state index contributed by atoms with van der Waals surface area (Å²) in [6.45, 7) is 0.472. The molecule has 0 bridgehead atoms. The van der Waals surface area contributed by atoms with Crippen molar-refractivity contribution in [3.8, 4) is 0 Å². The monoisotopic (exact) mass is 154 g/mol. The Labute approximate surface area is 64.2 Å². The Hall–Kier alpha value is -1.52. The molecule has 3 N–H and O–H groups in total. The van der Waals surface area contributed by atoms with Gasteiger partial charge in [0.05, 0.1) is 12.2 Å². The first kappa shape index (κ1) is 7.59. The van der Waals surface area contributed by atoms with E-state index < -0.39 is 0 Å². The minimum atomic E-state index is -0.195. The lowest BCUT2D eigenvalue weighted by Gasteiger charge is -2.00. The van der Waals surface area contributed by atoms with Crippen molar-refractivity contribution in [1.29, 1.82) is 0 Å². The molecule has 0 aliphatic rings. The van der Waals surface area contributed by atoms with Crippen molar-refractivity contribution >= 4 is 6.03 Å². The molecule has 0 aromatic carbocycles. The van der Waals surface area contributed by atoms with Gasteiger partial charge in [0.2, 0.25) is 0 Å². The van der Waals surface area contributed by atoms with Crippen LogP contribution in [0, 0.1) is 0 Å². The van der Waals surface area contributed by atoms with E-state index in [1.807, 2.05) is 0 Å². The van der Waals surface area contributed by atoms with Crippen LogP contribution in [0.5, 0.6) is 0 Å². The van der Waals surface area contributed by atoms with Crippen molar-refractivity contribution in [2.75, 3.05) is 7.05 Å². The summed E-state index contributed by atoms with van der Waals surface area (Å²) in [6, 6.07) is 1.61. The number of nitrogens with one attached hydrogen (secondary N) is 3. The number of hydrogen-bond donors (Lipinski definition) is 3. The molecule has 1 rings (SSSR count). The van der Waals surface area contributed by atoms with E-state index in [-0.39, 0.29) is 6.03 Å². The average Bonchev–Trinajstić information content (AvgIpc) is 2.52. The largest absolute Gasteiger partial charge is 0.341 e. The van der Waals surface area contributed by atoms with E-state index in [0.717, 1.165) is 5.69 Å². The summed E-state index contributed by atoms with van der Waals surface area (Å²) < 4.78 is 0. The molecule has 5 nitrogen and oxygen atoms in total. The van der Waals surface area contributed by atoms with Crippen molar-refractivity contribution in [1.82, 2.24) is 20.8 Å². The van der Waals surface area contributed by atoms with Gasteiger partial charge in [0.25, 0.3) is 0 Å². The third kappa shape index (κ3) is 2.29. The maximum atomic E-state index is 10.7. The van der Waals surface area contributed by atoms with Gasteiger partial charge < -0.3 is 10.6 Å². The molecule has 0 saturated carbocycles. The molecule has 0 aliphatic heterocycles. The van der Waals surface area contributed by atoms with Gasteiger partial charge in [-0.25, -0.2) is 4.79 Å². The first-order chi connectivity index (χ1) is 5.33. The van der Waals surface area contributed by atoms with Crippen LogP contribution in [0.2, 0.25) is 0 Å². The number of rotatable bonds is 2. The summed E-state index contributed by atoms with van der Waals surface area (Å²) in [5.74, 6) is 0. The maximum Gasteiger partial charge on any atom is 0.314 e.